The normalized spacial score (nSPS) is 16.5. The monoisotopic (exact) mass is 330 g/mol. The van der Waals surface area contributed by atoms with Crippen molar-refractivity contribution in [2.45, 2.75) is 32.4 Å². The van der Waals surface area contributed by atoms with Crippen LogP contribution in [0.3, 0.4) is 0 Å². The van der Waals surface area contributed by atoms with Crippen molar-refractivity contribution in [1.29, 1.82) is 0 Å². The van der Waals surface area contributed by atoms with Gasteiger partial charge in [0.25, 0.3) is 5.91 Å². The Morgan fingerprint density at radius 1 is 0.920 bits per heavy atom. The first-order chi connectivity index (χ1) is 12.1. The van der Waals surface area contributed by atoms with E-state index in [9.17, 15) is 4.79 Å². The Morgan fingerprint density at radius 2 is 1.60 bits per heavy atom. The molecule has 126 valence electrons. The topological polar surface area (TPSA) is 25.2 Å². The molecule has 1 aliphatic rings. The molecule has 3 heteroatoms. The molecule has 1 atom stereocenters. The number of carbonyl (C=O) groups is 1. The summed E-state index contributed by atoms with van der Waals surface area (Å²) in [5.41, 5.74) is 4.56. The van der Waals surface area contributed by atoms with E-state index >= 15 is 0 Å². The average molecular weight is 330 g/mol. The van der Waals surface area contributed by atoms with Gasteiger partial charge in [0.1, 0.15) is 6.04 Å². The predicted octanol–water partition coefficient (Wildman–Crippen LogP) is 4.75. The van der Waals surface area contributed by atoms with E-state index in [0.717, 1.165) is 16.8 Å². The van der Waals surface area contributed by atoms with E-state index < -0.39 is 0 Å². The third kappa shape index (κ3) is 2.76. The number of anilines is 1. The molecule has 0 saturated heterocycles. The fraction of sp³-hybridized carbons (Fsp3) is 0.227. The van der Waals surface area contributed by atoms with E-state index in [4.69, 9.17) is 0 Å². The molecule has 0 aliphatic carbocycles. The molecule has 3 aromatic rings. The van der Waals surface area contributed by atoms with Crippen molar-refractivity contribution in [2.24, 2.45) is 0 Å². The van der Waals surface area contributed by atoms with Gasteiger partial charge >= 0.3 is 0 Å². The average Bonchev–Trinajstić information content (AvgIpc) is 3.23. The molecule has 4 rings (SSSR count). The Labute approximate surface area is 148 Å². The van der Waals surface area contributed by atoms with Crippen LogP contribution in [0.15, 0.2) is 73.1 Å². The van der Waals surface area contributed by atoms with Gasteiger partial charge in [-0.2, -0.15) is 0 Å². The fourth-order valence-corrected chi connectivity index (χ4v) is 3.53. The Kier molecular flexibility index (Phi) is 3.92. The summed E-state index contributed by atoms with van der Waals surface area (Å²) >= 11 is 0. The van der Waals surface area contributed by atoms with Gasteiger partial charge in [0, 0.05) is 23.6 Å². The summed E-state index contributed by atoms with van der Waals surface area (Å²) in [6.45, 7) is 4.99. The van der Waals surface area contributed by atoms with Crippen molar-refractivity contribution in [2.75, 3.05) is 4.90 Å². The maximum absolute atomic E-state index is 13.1. The summed E-state index contributed by atoms with van der Waals surface area (Å²) in [5, 5.41) is 0. The Bertz CT molecular complexity index is 879. The van der Waals surface area contributed by atoms with Crippen molar-refractivity contribution < 1.29 is 4.79 Å². The molecule has 0 radical (unpaired) electrons. The van der Waals surface area contributed by atoms with Crippen LogP contribution >= 0.6 is 0 Å². The molecule has 25 heavy (non-hydrogen) atoms. The summed E-state index contributed by atoms with van der Waals surface area (Å²) in [5.74, 6) is 0.645. The Hall–Kier alpha value is -2.81. The van der Waals surface area contributed by atoms with Gasteiger partial charge in [-0.05, 0) is 35.2 Å². The van der Waals surface area contributed by atoms with E-state index in [2.05, 4.69) is 44.2 Å². The highest BCUT2D eigenvalue weighted by molar-refractivity contribution is 6.04. The summed E-state index contributed by atoms with van der Waals surface area (Å²) in [4.78, 5) is 15.1. The van der Waals surface area contributed by atoms with E-state index in [-0.39, 0.29) is 11.9 Å². The van der Waals surface area contributed by atoms with E-state index in [0.29, 0.717) is 12.5 Å². The van der Waals surface area contributed by atoms with Gasteiger partial charge < -0.3 is 9.47 Å². The van der Waals surface area contributed by atoms with Gasteiger partial charge in [-0.25, -0.2) is 0 Å². The van der Waals surface area contributed by atoms with Crippen LogP contribution in [0.2, 0.25) is 0 Å². The van der Waals surface area contributed by atoms with E-state index in [1.807, 2.05) is 52.2 Å². The second-order valence-corrected chi connectivity index (χ2v) is 6.91. The maximum atomic E-state index is 13.1. The zero-order valence-corrected chi connectivity index (χ0v) is 14.6. The third-order valence-corrected chi connectivity index (χ3v) is 4.93. The standard InChI is InChI=1S/C22H22N2O/c1-16(2)18-11-9-17(10-12-18)15-24-20-8-4-3-7-19(20)21(22(24)25)23-13-5-6-14-23/h3-14,16,21H,15H2,1-2H3. The lowest BCUT2D eigenvalue weighted by Gasteiger charge is -2.19. The van der Waals surface area contributed by atoms with Crippen molar-refractivity contribution >= 4 is 11.6 Å². The minimum atomic E-state index is -0.263. The number of carbonyl (C=O) groups excluding carboxylic acids is 1. The molecular weight excluding hydrogens is 308 g/mol. The van der Waals surface area contributed by atoms with Gasteiger partial charge in [-0.1, -0.05) is 56.3 Å². The van der Waals surface area contributed by atoms with Crippen LogP contribution < -0.4 is 4.90 Å². The zero-order valence-electron chi connectivity index (χ0n) is 14.6. The highest BCUT2D eigenvalue weighted by Crippen LogP contribution is 2.39. The highest BCUT2D eigenvalue weighted by Gasteiger charge is 2.37. The molecule has 0 spiro atoms. The number of hydrogen-bond donors (Lipinski definition) is 0. The molecular formula is C22H22N2O. The molecule has 0 N–H and O–H groups in total. The summed E-state index contributed by atoms with van der Waals surface area (Å²) in [7, 11) is 0. The number of aromatic nitrogens is 1. The largest absolute Gasteiger partial charge is 0.338 e. The number of hydrogen-bond acceptors (Lipinski definition) is 1. The fourth-order valence-electron chi connectivity index (χ4n) is 3.53. The smallest absolute Gasteiger partial charge is 0.255 e. The molecule has 1 unspecified atom stereocenters. The number of para-hydroxylation sites is 1. The molecule has 1 amide bonds. The van der Waals surface area contributed by atoms with Crippen LogP contribution in [0.25, 0.3) is 0 Å². The van der Waals surface area contributed by atoms with Crippen LogP contribution in [0.1, 0.15) is 42.5 Å². The molecule has 0 fully saturated rings. The summed E-state index contributed by atoms with van der Waals surface area (Å²) < 4.78 is 1.99. The number of benzene rings is 2. The number of amides is 1. The molecule has 2 aromatic carbocycles. The minimum absolute atomic E-state index is 0.130. The predicted molar refractivity (Wildman–Crippen MR) is 101 cm³/mol. The van der Waals surface area contributed by atoms with E-state index in [1.165, 1.54) is 5.56 Å². The van der Waals surface area contributed by atoms with Crippen LogP contribution in [-0.2, 0) is 11.3 Å². The minimum Gasteiger partial charge on any atom is -0.338 e. The summed E-state index contributed by atoms with van der Waals surface area (Å²) in [6, 6.07) is 20.4. The quantitative estimate of drug-likeness (QED) is 0.678. The lowest BCUT2D eigenvalue weighted by molar-refractivity contribution is -0.120. The van der Waals surface area contributed by atoms with Gasteiger partial charge in [0.15, 0.2) is 0 Å². The van der Waals surface area contributed by atoms with Gasteiger partial charge in [-0.15, -0.1) is 0 Å². The van der Waals surface area contributed by atoms with Crippen LogP contribution in [0, 0.1) is 0 Å². The number of fused-ring (bicyclic) bond motifs is 1. The first-order valence-electron chi connectivity index (χ1n) is 8.77. The molecule has 1 aromatic heterocycles. The highest BCUT2D eigenvalue weighted by atomic mass is 16.2. The maximum Gasteiger partial charge on any atom is 0.255 e. The van der Waals surface area contributed by atoms with E-state index in [1.54, 1.807) is 0 Å². The molecule has 0 saturated carbocycles. The number of nitrogens with zero attached hydrogens (tertiary/aromatic N) is 2. The first kappa shape index (κ1) is 15.7. The van der Waals surface area contributed by atoms with Gasteiger partial charge in [-0.3, -0.25) is 4.79 Å². The van der Waals surface area contributed by atoms with Crippen molar-refractivity contribution in [3.05, 3.63) is 89.7 Å². The van der Waals surface area contributed by atoms with Gasteiger partial charge in [0.2, 0.25) is 0 Å². The van der Waals surface area contributed by atoms with Crippen molar-refractivity contribution in [3.63, 3.8) is 0 Å². The lowest BCUT2D eigenvalue weighted by atomic mass is 10.0. The molecule has 1 aliphatic heterocycles. The zero-order chi connectivity index (χ0) is 17.4. The second-order valence-electron chi connectivity index (χ2n) is 6.91. The molecule has 2 heterocycles. The van der Waals surface area contributed by atoms with Crippen LogP contribution in [0.4, 0.5) is 5.69 Å². The second kappa shape index (κ2) is 6.25. The first-order valence-corrected chi connectivity index (χ1v) is 8.77. The SMILES string of the molecule is CC(C)c1ccc(CN2C(=O)C(n3cccc3)c3ccccc32)cc1. The van der Waals surface area contributed by atoms with Crippen molar-refractivity contribution in [1.82, 2.24) is 4.57 Å². The third-order valence-electron chi connectivity index (χ3n) is 4.93. The summed E-state index contributed by atoms with van der Waals surface area (Å²) in [6.07, 6.45) is 3.92. The lowest BCUT2D eigenvalue weighted by Crippen LogP contribution is -2.30. The van der Waals surface area contributed by atoms with Crippen molar-refractivity contribution in [3.8, 4) is 0 Å². The van der Waals surface area contributed by atoms with Gasteiger partial charge in [0.05, 0.1) is 6.54 Å². The Morgan fingerprint density at radius 3 is 2.28 bits per heavy atom. The Balaban J connectivity index is 1.67. The molecule has 0 bridgehead atoms. The number of rotatable bonds is 4. The molecule has 3 nitrogen and oxygen atoms in total. The van der Waals surface area contributed by atoms with Crippen LogP contribution in [-0.4, -0.2) is 10.5 Å². The van der Waals surface area contributed by atoms with Crippen LogP contribution in [0.5, 0.6) is 0 Å².